The molecule has 5 nitrogen and oxygen atoms in total. The molecular formula is C13H18N2O3. The van der Waals surface area contributed by atoms with Crippen molar-refractivity contribution < 1.29 is 14.7 Å². The maximum atomic E-state index is 11.0. The Bertz CT molecular complexity index is 490. The fraction of sp³-hybridized carbons (Fsp3) is 0.615. The molecule has 1 aliphatic carbocycles. The lowest BCUT2D eigenvalue weighted by atomic mass is 9.91. The highest BCUT2D eigenvalue weighted by atomic mass is 16.4. The van der Waals surface area contributed by atoms with Gasteiger partial charge in [0.2, 0.25) is 0 Å². The molecule has 0 spiro atoms. The zero-order valence-electron chi connectivity index (χ0n) is 10.9. The van der Waals surface area contributed by atoms with Crippen molar-refractivity contribution in [2.45, 2.75) is 39.7 Å². The van der Waals surface area contributed by atoms with Crippen molar-refractivity contribution in [2.75, 3.05) is 0 Å². The molecule has 1 fully saturated rings. The molecule has 0 radical (unpaired) electrons. The molecule has 2 atom stereocenters. The molecule has 98 valence electrons. The van der Waals surface area contributed by atoms with Crippen LogP contribution in [0.4, 0.5) is 0 Å². The third-order valence-corrected chi connectivity index (χ3v) is 3.72. The van der Waals surface area contributed by atoms with Gasteiger partial charge in [0.25, 0.3) is 0 Å². The normalized spacial score (nSPS) is 26.2. The Kier molecular flexibility index (Phi) is 3.00. The number of hydrogen-bond acceptors (Lipinski definition) is 3. The van der Waals surface area contributed by atoms with Gasteiger partial charge in [-0.05, 0) is 24.2 Å². The Morgan fingerprint density at radius 2 is 2.22 bits per heavy atom. The molecule has 1 N–H and O–H groups in total. The van der Waals surface area contributed by atoms with Gasteiger partial charge < -0.3 is 5.11 Å². The molecule has 5 heteroatoms. The van der Waals surface area contributed by atoms with E-state index in [4.69, 9.17) is 5.11 Å². The van der Waals surface area contributed by atoms with Gasteiger partial charge in [0.05, 0.1) is 11.6 Å². The highest BCUT2D eigenvalue weighted by molar-refractivity contribution is 5.95. The maximum absolute atomic E-state index is 11.0. The number of aromatic nitrogens is 2. The summed E-state index contributed by atoms with van der Waals surface area (Å²) in [6, 6.07) is 0.173. The van der Waals surface area contributed by atoms with Gasteiger partial charge in [0.15, 0.2) is 12.0 Å². The largest absolute Gasteiger partial charge is 0.476 e. The van der Waals surface area contributed by atoms with Gasteiger partial charge in [-0.2, -0.15) is 5.10 Å². The van der Waals surface area contributed by atoms with Crippen molar-refractivity contribution >= 4 is 12.3 Å². The molecule has 1 aliphatic rings. The third-order valence-electron chi connectivity index (χ3n) is 3.72. The van der Waals surface area contributed by atoms with Crippen molar-refractivity contribution in [3.8, 4) is 0 Å². The van der Waals surface area contributed by atoms with E-state index in [2.05, 4.69) is 25.9 Å². The standard InChI is InChI=1S/C13H18N2O3/c1-8-4-13(2,3)5-10(8)15-6-9(7-16)11(14-15)12(17)18/h6-8,10H,4-5H2,1-3H3,(H,17,18). The van der Waals surface area contributed by atoms with E-state index in [9.17, 15) is 9.59 Å². The lowest BCUT2D eigenvalue weighted by molar-refractivity contribution is 0.0686. The van der Waals surface area contributed by atoms with Gasteiger partial charge in [-0.15, -0.1) is 0 Å². The Balaban J connectivity index is 2.35. The van der Waals surface area contributed by atoms with Crippen LogP contribution in [0.1, 0.15) is 60.5 Å². The van der Waals surface area contributed by atoms with Crippen LogP contribution in [0.2, 0.25) is 0 Å². The van der Waals surface area contributed by atoms with Gasteiger partial charge in [-0.1, -0.05) is 20.8 Å². The minimum Gasteiger partial charge on any atom is -0.476 e. The van der Waals surface area contributed by atoms with Crippen LogP contribution in [-0.4, -0.2) is 27.1 Å². The summed E-state index contributed by atoms with van der Waals surface area (Å²) in [7, 11) is 0. The second-order valence-corrected chi connectivity index (χ2v) is 5.95. The van der Waals surface area contributed by atoms with Crippen LogP contribution in [0.3, 0.4) is 0 Å². The SMILES string of the molecule is CC1CC(C)(C)CC1n1cc(C=O)c(C(=O)O)n1. The monoisotopic (exact) mass is 250 g/mol. The van der Waals surface area contributed by atoms with E-state index in [0.717, 1.165) is 12.8 Å². The highest BCUT2D eigenvalue weighted by Gasteiger charge is 2.38. The molecule has 2 unspecified atom stereocenters. The molecule has 0 aromatic carbocycles. The smallest absolute Gasteiger partial charge is 0.357 e. The molecule has 1 aromatic heterocycles. The van der Waals surface area contributed by atoms with Gasteiger partial charge in [0, 0.05) is 6.20 Å². The number of carbonyl (C=O) groups is 2. The summed E-state index contributed by atoms with van der Waals surface area (Å²) in [6.45, 7) is 6.54. The van der Waals surface area contributed by atoms with Gasteiger partial charge in [-0.25, -0.2) is 4.79 Å². The summed E-state index contributed by atoms with van der Waals surface area (Å²) < 4.78 is 1.66. The maximum Gasteiger partial charge on any atom is 0.357 e. The summed E-state index contributed by atoms with van der Waals surface area (Å²) in [5.41, 5.74) is 0.238. The number of carboxylic acids is 1. The molecule has 18 heavy (non-hydrogen) atoms. The van der Waals surface area contributed by atoms with Crippen molar-refractivity contribution in [3.05, 3.63) is 17.5 Å². The lowest BCUT2D eigenvalue weighted by Crippen LogP contribution is -2.13. The van der Waals surface area contributed by atoms with Gasteiger partial charge >= 0.3 is 5.97 Å². The topological polar surface area (TPSA) is 72.2 Å². The van der Waals surface area contributed by atoms with Gasteiger partial charge in [0.1, 0.15) is 0 Å². The predicted octanol–water partition coefficient (Wildman–Crippen LogP) is 2.39. The third kappa shape index (κ3) is 2.17. The second-order valence-electron chi connectivity index (χ2n) is 5.95. The van der Waals surface area contributed by atoms with Crippen LogP contribution < -0.4 is 0 Å². The zero-order valence-corrected chi connectivity index (χ0v) is 10.9. The molecule has 0 amide bonds. The Morgan fingerprint density at radius 1 is 1.56 bits per heavy atom. The molecule has 0 saturated heterocycles. The van der Waals surface area contributed by atoms with E-state index < -0.39 is 5.97 Å². The van der Waals surface area contributed by atoms with Crippen LogP contribution >= 0.6 is 0 Å². The fourth-order valence-corrected chi connectivity index (χ4v) is 3.04. The average Bonchev–Trinajstić information content (AvgIpc) is 2.78. The van der Waals surface area contributed by atoms with Crippen LogP contribution in [0.15, 0.2) is 6.20 Å². The van der Waals surface area contributed by atoms with E-state index in [1.807, 2.05) is 0 Å². The number of hydrogen-bond donors (Lipinski definition) is 1. The van der Waals surface area contributed by atoms with Crippen molar-refractivity contribution in [1.29, 1.82) is 0 Å². The highest BCUT2D eigenvalue weighted by Crippen LogP contribution is 2.47. The van der Waals surface area contributed by atoms with Gasteiger partial charge in [-0.3, -0.25) is 9.48 Å². The van der Waals surface area contributed by atoms with Crippen molar-refractivity contribution in [3.63, 3.8) is 0 Å². The van der Waals surface area contributed by atoms with E-state index in [0.29, 0.717) is 12.2 Å². The first-order chi connectivity index (χ1) is 8.34. The number of aromatic carboxylic acids is 1. The Hall–Kier alpha value is -1.65. The quantitative estimate of drug-likeness (QED) is 0.836. The number of carboxylic acid groups (broad SMARTS) is 1. The van der Waals surface area contributed by atoms with E-state index in [-0.39, 0.29) is 22.7 Å². The number of rotatable bonds is 3. The first-order valence-corrected chi connectivity index (χ1v) is 6.12. The summed E-state index contributed by atoms with van der Waals surface area (Å²) in [6.07, 6.45) is 4.14. The number of nitrogens with zero attached hydrogens (tertiary/aromatic N) is 2. The summed E-state index contributed by atoms with van der Waals surface area (Å²) in [5.74, 6) is -0.721. The Morgan fingerprint density at radius 3 is 2.61 bits per heavy atom. The van der Waals surface area contributed by atoms with Crippen LogP contribution in [0.25, 0.3) is 0 Å². The van der Waals surface area contributed by atoms with E-state index in [1.165, 1.54) is 0 Å². The second kappa shape index (κ2) is 4.23. The molecular weight excluding hydrogens is 232 g/mol. The molecule has 0 bridgehead atoms. The molecule has 1 aromatic rings. The minimum atomic E-state index is -1.15. The van der Waals surface area contributed by atoms with E-state index >= 15 is 0 Å². The first kappa shape index (κ1) is 12.8. The van der Waals surface area contributed by atoms with Crippen LogP contribution in [0.5, 0.6) is 0 Å². The fourth-order valence-electron chi connectivity index (χ4n) is 3.04. The average molecular weight is 250 g/mol. The summed E-state index contributed by atoms with van der Waals surface area (Å²) in [5, 5.41) is 13.1. The predicted molar refractivity (Wildman–Crippen MR) is 65.8 cm³/mol. The number of carbonyl (C=O) groups excluding carboxylic acids is 1. The minimum absolute atomic E-state index is 0.151. The summed E-state index contributed by atoms with van der Waals surface area (Å²) >= 11 is 0. The van der Waals surface area contributed by atoms with Crippen molar-refractivity contribution in [2.24, 2.45) is 11.3 Å². The molecule has 1 heterocycles. The lowest BCUT2D eigenvalue weighted by Gasteiger charge is -2.17. The summed E-state index contributed by atoms with van der Waals surface area (Å²) in [4.78, 5) is 21.8. The van der Waals surface area contributed by atoms with Crippen molar-refractivity contribution in [1.82, 2.24) is 9.78 Å². The van der Waals surface area contributed by atoms with Crippen LogP contribution in [-0.2, 0) is 0 Å². The Labute approximate surface area is 106 Å². The first-order valence-electron chi connectivity index (χ1n) is 6.12. The zero-order chi connectivity index (χ0) is 13.5. The van der Waals surface area contributed by atoms with E-state index in [1.54, 1.807) is 10.9 Å². The molecule has 0 aliphatic heterocycles. The van der Waals surface area contributed by atoms with Crippen LogP contribution in [0, 0.1) is 11.3 Å². The molecule has 1 saturated carbocycles. The number of aldehydes is 1. The molecule has 2 rings (SSSR count).